The third-order valence-electron chi connectivity index (χ3n) is 5.84. The first-order valence-corrected chi connectivity index (χ1v) is 11.0. The fourth-order valence-electron chi connectivity index (χ4n) is 4.01. The predicted octanol–water partition coefficient (Wildman–Crippen LogP) is 3.16. The van der Waals surface area contributed by atoms with Gasteiger partial charge < -0.3 is 20.7 Å². The second kappa shape index (κ2) is 11.2. The second-order valence-electron chi connectivity index (χ2n) is 7.75. The van der Waals surface area contributed by atoms with Crippen LogP contribution in [0.2, 0.25) is 5.02 Å². The number of carbonyl (C=O) groups excluding carboxylic acids is 1. The number of halogens is 1. The normalized spacial score (nSPS) is 15.9. The molecule has 166 valence electrons. The Morgan fingerprint density at radius 1 is 1.13 bits per heavy atom. The fourth-order valence-corrected chi connectivity index (χ4v) is 4.34. The number of benzene rings is 2. The SMILES string of the molecule is CN=C(NCCc1cccc(C(=O)NC)c1)NCC1(c2ccccc2Cl)CCOCC1. The van der Waals surface area contributed by atoms with E-state index in [-0.39, 0.29) is 11.3 Å². The Bertz CT molecular complexity index is 910. The van der Waals surface area contributed by atoms with E-state index in [1.807, 2.05) is 42.5 Å². The van der Waals surface area contributed by atoms with E-state index < -0.39 is 0 Å². The molecule has 7 heteroatoms. The van der Waals surface area contributed by atoms with Crippen LogP contribution in [0.3, 0.4) is 0 Å². The molecule has 0 saturated carbocycles. The van der Waals surface area contributed by atoms with E-state index in [9.17, 15) is 4.79 Å². The molecule has 3 N–H and O–H groups in total. The number of nitrogens with one attached hydrogen (secondary N) is 3. The van der Waals surface area contributed by atoms with Gasteiger partial charge in [-0.1, -0.05) is 41.9 Å². The molecule has 2 aromatic carbocycles. The van der Waals surface area contributed by atoms with Gasteiger partial charge in [-0.2, -0.15) is 0 Å². The molecule has 31 heavy (non-hydrogen) atoms. The molecule has 3 rings (SSSR count). The molecule has 1 aliphatic rings. The molecule has 1 amide bonds. The first-order chi connectivity index (χ1) is 15.1. The van der Waals surface area contributed by atoms with Gasteiger partial charge in [0, 0.05) is 56.4 Å². The highest BCUT2D eigenvalue weighted by molar-refractivity contribution is 6.31. The Morgan fingerprint density at radius 3 is 2.61 bits per heavy atom. The number of nitrogens with zero attached hydrogens (tertiary/aromatic N) is 1. The number of guanidine groups is 1. The molecule has 6 nitrogen and oxygen atoms in total. The topological polar surface area (TPSA) is 74.8 Å². The largest absolute Gasteiger partial charge is 0.381 e. The lowest BCUT2D eigenvalue weighted by atomic mass is 9.74. The summed E-state index contributed by atoms with van der Waals surface area (Å²) in [5, 5.41) is 10.3. The lowest BCUT2D eigenvalue weighted by Gasteiger charge is -2.38. The van der Waals surface area contributed by atoms with Gasteiger partial charge in [-0.25, -0.2) is 0 Å². The predicted molar refractivity (Wildman–Crippen MR) is 126 cm³/mol. The highest BCUT2D eigenvalue weighted by Crippen LogP contribution is 2.38. The summed E-state index contributed by atoms with van der Waals surface area (Å²) in [6.07, 6.45) is 2.61. The van der Waals surface area contributed by atoms with Crippen molar-refractivity contribution in [1.29, 1.82) is 0 Å². The van der Waals surface area contributed by atoms with E-state index in [1.165, 1.54) is 0 Å². The minimum atomic E-state index is -0.0872. The first-order valence-electron chi connectivity index (χ1n) is 10.7. The van der Waals surface area contributed by atoms with Crippen molar-refractivity contribution >= 4 is 23.5 Å². The van der Waals surface area contributed by atoms with Crippen molar-refractivity contribution in [2.75, 3.05) is 40.4 Å². The molecule has 1 fully saturated rings. The van der Waals surface area contributed by atoms with Crippen molar-refractivity contribution in [3.05, 3.63) is 70.2 Å². The van der Waals surface area contributed by atoms with Crippen LogP contribution in [0.4, 0.5) is 0 Å². The van der Waals surface area contributed by atoms with Gasteiger partial charge in [-0.15, -0.1) is 0 Å². The number of hydrogen-bond donors (Lipinski definition) is 3. The van der Waals surface area contributed by atoms with Crippen LogP contribution in [-0.4, -0.2) is 52.3 Å². The summed E-state index contributed by atoms with van der Waals surface area (Å²) in [5.41, 5.74) is 2.84. The van der Waals surface area contributed by atoms with E-state index in [2.05, 4.69) is 27.0 Å². The Hall–Kier alpha value is -2.57. The maximum atomic E-state index is 11.8. The lowest BCUT2D eigenvalue weighted by molar-refractivity contribution is 0.0514. The van der Waals surface area contributed by atoms with Gasteiger partial charge in [0.25, 0.3) is 5.91 Å². The number of rotatable bonds is 7. The zero-order chi connectivity index (χ0) is 22.1. The van der Waals surface area contributed by atoms with E-state index in [4.69, 9.17) is 16.3 Å². The summed E-state index contributed by atoms with van der Waals surface area (Å²) in [6, 6.07) is 15.7. The van der Waals surface area contributed by atoms with Gasteiger partial charge in [-0.3, -0.25) is 9.79 Å². The molecule has 1 aliphatic heterocycles. The van der Waals surface area contributed by atoms with Crippen molar-refractivity contribution in [1.82, 2.24) is 16.0 Å². The molecule has 0 aromatic heterocycles. The Balaban J connectivity index is 1.59. The maximum Gasteiger partial charge on any atom is 0.251 e. The maximum absolute atomic E-state index is 11.8. The average Bonchev–Trinajstić information content (AvgIpc) is 2.81. The van der Waals surface area contributed by atoms with Crippen molar-refractivity contribution in [3.8, 4) is 0 Å². The summed E-state index contributed by atoms with van der Waals surface area (Å²) < 4.78 is 5.62. The van der Waals surface area contributed by atoms with Gasteiger partial charge in [-0.05, 0) is 48.6 Å². The fraction of sp³-hybridized carbons (Fsp3) is 0.417. The zero-order valence-electron chi connectivity index (χ0n) is 18.2. The van der Waals surface area contributed by atoms with Crippen LogP contribution in [0.15, 0.2) is 53.5 Å². The van der Waals surface area contributed by atoms with Crippen LogP contribution < -0.4 is 16.0 Å². The summed E-state index contributed by atoms with van der Waals surface area (Å²) in [7, 11) is 3.41. The summed E-state index contributed by atoms with van der Waals surface area (Å²) >= 11 is 6.55. The minimum Gasteiger partial charge on any atom is -0.381 e. The van der Waals surface area contributed by atoms with Crippen molar-refractivity contribution in [2.24, 2.45) is 4.99 Å². The first kappa shape index (κ1) is 23.1. The van der Waals surface area contributed by atoms with Gasteiger partial charge >= 0.3 is 0 Å². The van der Waals surface area contributed by atoms with E-state index in [0.717, 1.165) is 61.1 Å². The zero-order valence-corrected chi connectivity index (χ0v) is 19.0. The quantitative estimate of drug-likeness (QED) is 0.455. The number of hydrogen-bond acceptors (Lipinski definition) is 3. The Labute approximate surface area is 189 Å². The van der Waals surface area contributed by atoms with Crippen LogP contribution >= 0.6 is 11.6 Å². The summed E-state index contributed by atoms with van der Waals surface area (Å²) in [4.78, 5) is 16.2. The standard InChI is InChI=1S/C24H31ClN4O2/c1-26-22(30)19-7-5-6-18(16-19)10-13-28-23(27-2)29-17-24(11-14-31-15-12-24)20-8-3-4-9-21(20)25/h3-9,16H,10-15,17H2,1-2H3,(H,26,30)(H2,27,28,29). The molecule has 0 unspecified atom stereocenters. The summed E-state index contributed by atoms with van der Waals surface area (Å²) in [5.74, 6) is 0.675. The minimum absolute atomic E-state index is 0.0754. The van der Waals surface area contributed by atoms with Gasteiger partial charge in [0.15, 0.2) is 5.96 Å². The number of aliphatic imine (C=N–C) groups is 1. The molecular weight excluding hydrogens is 412 g/mol. The van der Waals surface area contributed by atoms with Crippen LogP contribution in [-0.2, 0) is 16.6 Å². The smallest absolute Gasteiger partial charge is 0.251 e. The third kappa shape index (κ3) is 5.99. The number of carbonyl (C=O) groups is 1. The van der Waals surface area contributed by atoms with Crippen molar-refractivity contribution in [2.45, 2.75) is 24.7 Å². The highest BCUT2D eigenvalue weighted by atomic mass is 35.5. The highest BCUT2D eigenvalue weighted by Gasteiger charge is 2.36. The number of ether oxygens (including phenoxy) is 1. The molecule has 0 aliphatic carbocycles. The molecule has 1 saturated heterocycles. The van der Waals surface area contributed by atoms with Crippen LogP contribution in [0.5, 0.6) is 0 Å². The molecule has 0 atom stereocenters. The second-order valence-corrected chi connectivity index (χ2v) is 8.16. The van der Waals surface area contributed by atoms with E-state index >= 15 is 0 Å². The molecule has 0 spiro atoms. The monoisotopic (exact) mass is 442 g/mol. The van der Waals surface area contributed by atoms with E-state index in [1.54, 1.807) is 14.1 Å². The van der Waals surface area contributed by atoms with Crippen LogP contribution in [0.1, 0.15) is 34.3 Å². The van der Waals surface area contributed by atoms with E-state index in [0.29, 0.717) is 12.1 Å². The van der Waals surface area contributed by atoms with Gasteiger partial charge in [0.05, 0.1) is 0 Å². The third-order valence-corrected chi connectivity index (χ3v) is 6.16. The van der Waals surface area contributed by atoms with Gasteiger partial charge in [0.2, 0.25) is 0 Å². The van der Waals surface area contributed by atoms with Crippen molar-refractivity contribution < 1.29 is 9.53 Å². The lowest BCUT2D eigenvalue weighted by Crippen LogP contribution is -2.48. The molecule has 1 heterocycles. The molecular formula is C24H31ClN4O2. The molecule has 2 aromatic rings. The Morgan fingerprint density at radius 2 is 1.90 bits per heavy atom. The Kier molecular flexibility index (Phi) is 8.32. The van der Waals surface area contributed by atoms with Gasteiger partial charge in [0.1, 0.15) is 0 Å². The van der Waals surface area contributed by atoms with Crippen LogP contribution in [0.25, 0.3) is 0 Å². The molecule has 0 radical (unpaired) electrons. The van der Waals surface area contributed by atoms with Crippen LogP contribution in [0, 0.1) is 0 Å². The molecule has 0 bridgehead atoms. The average molecular weight is 443 g/mol. The number of amides is 1. The van der Waals surface area contributed by atoms with Crippen molar-refractivity contribution in [3.63, 3.8) is 0 Å². The summed E-state index contributed by atoms with van der Waals surface area (Å²) in [6.45, 7) is 2.88.